The summed E-state index contributed by atoms with van der Waals surface area (Å²) in [6, 6.07) is 13.6. The first-order chi connectivity index (χ1) is 19.4. The van der Waals surface area contributed by atoms with Gasteiger partial charge in [0.05, 0.1) is 17.9 Å². The Balaban J connectivity index is 1.64. The van der Waals surface area contributed by atoms with Crippen molar-refractivity contribution in [3.05, 3.63) is 54.6 Å². The minimum atomic E-state index is -2.01. The van der Waals surface area contributed by atoms with Crippen molar-refractivity contribution in [1.29, 1.82) is 0 Å². The van der Waals surface area contributed by atoms with Crippen LogP contribution >= 0.6 is 0 Å². The van der Waals surface area contributed by atoms with Crippen molar-refractivity contribution < 1.29 is 33.3 Å². The molecule has 8 nitrogen and oxygen atoms in total. The van der Waals surface area contributed by atoms with E-state index in [4.69, 9.17) is 18.6 Å². The van der Waals surface area contributed by atoms with Crippen LogP contribution in [0, 0.1) is 5.92 Å². The molecule has 2 aromatic rings. The van der Waals surface area contributed by atoms with Crippen LogP contribution in [0.4, 0.5) is 10.5 Å². The van der Waals surface area contributed by atoms with Gasteiger partial charge in [-0.1, -0.05) is 69.3 Å². The SMILES string of the molecule is CC(=O)OC[C@@H](/C=C/C(O)[C@]1(C)CC[C@H](OC(=O)Nc2cccc3ccccc23)C(C)(C)O1)CO[Si](C)(C)C(C)(C)C. The van der Waals surface area contributed by atoms with E-state index in [-0.39, 0.29) is 23.5 Å². The zero-order valence-electron chi connectivity index (χ0n) is 26.7. The zero-order chi connectivity index (χ0) is 31.3. The fraction of sp³-hybridized carbons (Fsp3) is 0.576. The lowest BCUT2D eigenvalue weighted by Gasteiger charge is -2.48. The maximum atomic E-state index is 12.9. The number of anilines is 1. The van der Waals surface area contributed by atoms with E-state index in [1.54, 1.807) is 6.08 Å². The molecule has 232 valence electrons. The summed E-state index contributed by atoms with van der Waals surface area (Å²) in [6.45, 7) is 18.4. The number of carbonyl (C=O) groups is 2. The van der Waals surface area contributed by atoms with Crippen molar-refractivity contribution in [1.82, 2.24) is 0 Å². The number of aliphatic hydroxyl groups is 1. The second-order valence-electron chi connectivity index (χ2n) is 13.6. The maximum absolute atomic E-state index is 12.9. The average Bonchev–Trinajstić information content (AvgIpc) is 2.89. The Kier molecular flexibility index (Phi) is 10.7. The Labute approximate surface area is 251 Å². The molecule has 1 unspecified atom stereocenters. The van der Waals surface area contributed by atoms with Gasteiger partial charge in [-0.25, -0.2) is 4.79 Å². The van der Waals surface area contributed by atoms with Crippen molar-refractivity contribution in [2.24, 2.45) is 5.92 Å². The van der Waals surface area contributed by atoms with E-state index in [0.29, 0.717) is 25.1 Å². The molecule has 0 radical (unpaired) electrons. The molecule has 1 amide bonds. The summed E-state index contributed by atoms with van der Waals surface area (Å²) in [5, 5.41) is 16.1. The van der Waals surface area contributed by atoms with Crippen molar-refractivity contribution in [3.8, 4) is 0 Å². The fourth-order valence-electron chi connectivity index (χ4n) is 4.88. The number of aliphatic hydroxyl groups excluding tert-OH is 1. The van der Waals surface area contributed by atoms with Crippen LogP contribution in [0.2, 0.25) is 18.1 Å². The number of hydrogen-bond donors (Lipinski definition) is 2. The lowest BCUT2D eigenvalue weighted by atomic mass is 9.82. The first-order valence-corrected chi connectivity index (χ1v) is 17.6. The standard InChI is InChI=1S/C33H49NO7Si/c1-23(35)38-21-24(22-39-42(8,9)31(2,3)4)17-18-28(36)33(7)20-19-29(32(5,6)41-33)40-30(37)34-27-16-12-14-25-13-10-11-15-26(25)27/h10-18,24,28-29,36H,19-22H2,1-9H3,(H,34,37)/b18-17+/t24-,28?,29+,33+/m1/s1. The summed E-state index contributed by atoms with van der Waals surface area (Å²) >= 11 is 0. The molecule has 4 atom stereocenters. The Morgan fingerprint density at radius 1 is 1.10 bits per heavy atom. The summed E-state index contributed by atoms with van der Waals surface area (Å²) in [5.41, 5.74) is -1.07. The molecule has 42 heavy (non-hydrogen) atoms. The Hall–Kier alpha value is -2.72. The van der Waals surface area contributed by atoms with E-state index in [0.717, 1.165) is 10.8 Å². The number of carbonyl (C=O) groups excluding carboxylic acids is 2. The summed E-state index contributed by atoms with van der Waals surface area (Å²) in [4.78, 5) is 24.4. The molecule has 1 fully saturated rings. The minimum Gasteiger partial charge on any atom is -0.465 e. The van der Waals surface area contributed by atoms with Gasteiger partial charge in [0.15, 0.2) is 8.32 Å². The molecule has 3 rings (SSSR count). The highest BCUT2D eigenvalue weighted by Crippen LogP contribution is 2.40. The second kappa shape index (κ2) is 13.3. The summed E-state index contributed by atoms with van der Waals surface area (Å²) < 4.78 is 23.9. The van der Waals surface area contributed by atoms with Crippen molar-refractivity contribution in [2.45, 2.75) is 103 Å². The van der Waals surface area contributed by atoms with E-state index in [1.165, 1.54) is 6.92 Å². The Bertz CT molecular complexity index is 1260. The predicted molar refractivity (Wildman–Crippen MR) is 169 cm³/mol. The molecule has 0 bridgehead atoms. The molecular formula is C33H49NO7Si. The van der Waals surface area contributed by atoms with Crippen LogP contribution in [-0.2, 0) is 23.4 Å². The number of benzene rings is 2. The molecule has 0 spiro atoms. The summed E-state index contributed by atoms with van der Waals surface area (Å²) in [6.07, 6.45) is 2.55. The highest BCUT2D eigenvalue weighted by molar-refractivity contribution is 6.74. The first-order valence-electron chi connectivity index (χ1n) is 14.7. The quantitative estimate of drug-likeness (QED) is 0.169. The van der Waals surface area contributed by atoms with Crippen molar-refractivity contribution in [2.75, 3.05) is 18.5 Å². The molecular weight excluding hydrogens is 550 g/mol. The molecule has 0 aliphatic carbocycles. The smallest absolute Gasteiger partial charge is 0.412 e. The molecule has 1 saturated heterocycles. The molecule has 0 aromatic heterocycles. The average molecular weight is 600 g/mol. The number of esters is 1. The van der Waals surface area contributed by atoms with Crippen LogP contribution in [-0.4, -0.2) is 62.1 Å². The number of hydrogen-bond acceptors (Lipinski definition) is 7. The van der Waals surface area contributed by atoms with Crippen molar-refractivity contribution in [3.63, 3.8) is 0 Å². The number of nitrogens with one attached hydrogen (secondary N) is 1. The second-order valence-corrected chi connectivity index (χ2v) is 18.4. The van der Waals surface area contributed by atoms with E-state index in [2.05, 4.69) is 39.2 Å². The molecule has 9 heteroatoms. The van der Waals surface area contributed by atoms with Gasteiger partial charge in [0, 0.05) is 24.8 Å². The van der Waals surface area contributed by atoms with Crippen LogP contribution < -0.4 is 5.32 Å². The van der Waals surface area contributed by atoms with Gasteiger partial charge in [0.1, 0.15) is 17.8 Å². The zero-order valence-corrected chi connectivity index (χ0v) is 27.7. The number of ether oxygens (including phenoxy) is 3. The highest BCUT2D eigenvalue weighted by Gasteiger charge is 2.48. The van der Waals surface area contributed by atoms with Gasteiger partial charge in [0.25, 0.3) is 0 Å². The van der Waals surface area contributed by atoms with Gasteiger partial charge in [-0.2, -0.15) is 0 Å². The fourth-order valence-corrected chi connectivity index (χ4v) is 5.94. The largest absolute Gasteiger partial charge is 0.465 e. The van der Waals surface area contributed by atoms with Crippen LogP contribution in [0.15, 0.2) is 54.6 Å². The number of rotatable bonds is 10. The van der Waals surface area contributed by atoms with Gasteiger partial charge in [-0.05, 0) is 63.2 Å². The van der Waals surface area contributed by atoms with Gasteiger partial charge < -0.3 is 23.7 Å². The van der Waals surface area contributed by atoms with Crippen LogP contribution in [0.5, 0.6) is 0 Å². The third-order valence-corrected chi connectivity index (χ3v) is 13.1. The third kappa shape index (κ3) is 8.66. The summed E-state index contributed by atoms with van der Waals surface area (Å²) in [5.74, 6) is -0.576. The Morgan fingerprint density at radius 3 is 2.40 bits per heavy atom. The van der Waals surface area contributed by atoms with Crippen molar-refractivity contribution >= 4 is 36.8 Å². The molecule has 1 aliphatic rings. The molecule has 2 N–H and O–H groups in total. The maximum Gasteiger partial charge on any atom is 0.412 e. The molecule has 0 saturated carbocycles. The normalized spacial score (nSPS) is 22.5. The van der Waals surface area contributed by atoms with Crippen LogP contribution in [0.3, 0.4) is 0 Å². The van der Waals surface area contributed by atoms with E-state index < -0.39 is 37.8 Å². The van der Waals surface area contributed by atoms with Crippen LogP contribution in [0.1, 0.15) is 61.3 Å². The molecule has 2 aromatic carbocycles. The van der Waals surface area contributed by atoms with E-state index >= 15 is 0 Å². The van der Waals surface area contributed by atoms with Gasteiger partial charge in [-0.15, -0.1) is 0 Å². The first kappa shape index (κ1) is 33.8. The third-order valence-electron chi connectivity index (χ3n) is 8.61. The van der Waals surface area contributed by atoms with Gasteiger partial charge in [-0.3, -0.25) is 10.1 Å². The molecule has 1 aliphatic heterocycles. The Morgan fingerprint density at radius 2 is 1.76 bits per heavy atom. The topological polar surface area (TPSA) is 103 Å². The van der Waals surface area contributed by atoms with Crippen LogP contribution in [0.25, 0.3) is 10.8 Å². The number of amides is 1. The summed E-state index contributed by atoms with van der Waals surface area (Å²) in [7, 11) is -2.01. The molecule has 1 heterocycles. The highest BCUT2D eigenvalue weighted by atomic mass is 28.4. The predicted octanol–water partition coefficient (Wildman–Crippen LogP) is 7.22. The van der Waals surface area contributed by atoms with Gasteiger partial charge in [0.2, 0.25) is 0 Å². The lowest BCUT2D eigenvalue weighted by molar-refractivity contribution is -0.236. The van der Waals surface area contributed by atoms with E-state index in [9.17, 15) is 14.7 Å². The minimum absolute atomic E-state index is 0.0433. The lowest BCUT2D eigenvalue weighted by Crippen LogP contribution is -2.57. The van der Waals surface area contributed by atoms with E-state index in [1.807, 2.05) is 69.3 Å². The number of fused-ring (bicyclic) bond motifs is 1. The van der Waals surface area contributed by atoms with Gasteiger partial charge >= 0.3 is 12.1 Å². The monoisotopic (exact) mass is 599 g/mol.